The summed E-state index contributed by atoms with van der Waals surface area (Å²) in [5.41, 5.74) is -0.896. The monoisotopic (exact) mass is 250 g/mol. The van der Waals surface area contributed by atoms with Crippen LogP contribution in [-0.4, -0.2) is 34.5 Å². The second-order valence-electron chi connectivity index (χ2n) is 5.56. The third kappa shape index (κ3) is 3.53. The first-order valence-electron chi connectivity index (χ1n) is 6.75. The van der Waals surface area contributed by atoms with Crippen molar-refractivity contribution in [1.29, 1.82) is 5.41 Å². The molecule has 0 radical (unpaired) electrons. The van der Waals surface area contributed by atoms with Gasteiger partial charge in [0.15, 0.2) is 5.72 Å². The van der Waals surface area contributed by atoms with Gasteiger partial charge in [0.1, 0.15) is 0 Å². The maximum absolute atomic E-state index is 10.5. The maximum Gasteiger partial charge on any atom is 0.158 e. The molecule has 1 rings (SSSR count). The molecular formula is C15H26N2O. The molecule has 0 saturated carbocycles. The summed E-state index contributed by atoms with van der Waals surface area (Å²) in [6, 6.07) is 0. The van der Waals surface area contributed by atoms with Crippen molar-refractivity contribution in [3.05, 3.63) is 24.3 Å². The summed E-state index contributed by atoms with van der Waals surface area (Å²) in [6.07, 6.45) is 8.35. The number of rotatable bonds is 5. The molecule has 2 atom stereocenters. The van der Waals surface area contributed by atoms with Crippen LogP contribution in [0.2, 0.25) is 0 Å². The predicted molar refractivity (Wildman–Crippen MR) is 76.8 cm³/mol. The second-order valence-corrected chi connectivity index (χ2v) is 5.56. The van der Waals surface area contributed by atoms with E-state index in [4.69, 9.17) is 5.41 Å². The molecule has 1 aliphatic rings. The largest absolute Gasteiger partial charge is 0.370 e. The molecule has 102 valence electrons. The summed E-state index contributed by atoms with van der Waals surface area (Å²) < 4.78 is 0. The number of allylic oxidation sites excluding steroid dienone is 3. The highest BCUT2D eigenvalue weighted by atomic mass is 16.3. The molecule has 0 aromatic carbocycles. The Morgan fingerprint density at radius 3 is 2.61 bits per heavy atom. The van der Waals surface area contributed by atoms with Crippen molar-refractivity contribution in [1.82, 2.24) is 4.90 Å². The van der Waals surface area contributed by atoms with Crippen LogP contribution < -0.4 is 0 Å². The van der Waals surface area contributed by atoms with E-state index in [2.05, 4.69) is 13.8 Å². The van der Waals surface area contributed by atoms with Gasteiger partial charge in [0.25, 0.3) is 0 Å². The van der Waals surface area contributed by atoms with Crippen molar-refractivity contribution in [2.24, 2.45) is 11.8 Å². The van der Waals surface area contributed by atoms with E-state index in [0.29, 0.717) is 11.8 Å². The highest BCUT2D eigenvalue weighted by molar-refractivity contribution is 5.98. The maximum atomic E-state index is 10.5. The average molecular weight is 250 g/mol. The van der Waals surface area contributed by atoms with Gasteiger partial charge in [0.2, 0.25) is 0 Å². The number of nitrogens with one attached hydrogen (secondary N) is 1. The Labute approximate surface area is 111 Å². The molecule has 0 aromatic heterocycles. The van der Waals surface area contributed by atoms with E-state index < -0.39 is 5.72 Å². The molecule has 2 unspecified atom stereocenters. The normalized spacial score (nSPS) is 25.3. The van der Waals surface area contributed by atoms with Crippen LogP contribution in [0.4, 0.5) is 0 Å². The van der Waals surface area contributed by atoms with Crippen LogP contribution in [0.5, 0.6) is 0 Å². The van der Waals surface area contributed by atoms with Crippen LogP contribution in [0.3, 0.4) is 0 Å². The molecule has 2 N–H and O–H groups in total. The first-order chi connectivity index (χ1) is 8.39. The molecule has 0 aliphatic carbocycles. The van der Waals surface area contributed by atoms with E-state index in [1.165, 1.54) is 0 Å². The summed E-state index contributed by atoms with van der Waals surface area (Å²) >= 11 is 0. The molecule has 0 bridgehead atoms. The molecule has 0 amide bonds. The SMILES string of the molecule is C/C=C/C=C\C(=N)C(C)(O)N1CCC(C(C)C)C1. The van der Waals surface area contributed by atoms with Gasteiger partial charge in [-0.05, 0) is 38.2 Å². The molecule has 1 fully saturated rings. The van der Waals surface area contributed by atoms with Crippen LogP contribution in [0, 0.1) is 17.2 Å². The summed E-state index contributed by atoms with van der Waals surface area (Å²) in [6.45, 7) is 9.85. The lowest BCUT2D eigenvalue weighted by Crippen LogP contribution is -2.50. The van der Waals surface area contributed by atoms with Crippen LogP contribution >= 0.6 is 0 Å². The summed E-state index contributed by atoms with van der Waals surface area (Å²) in [5, 5.41) is 18.5. The van der Waals surface area contributed by atoms with Gasteiger partial charge in [-0.15, -0.1) is 0 Å². The molecule has 0 spiro atoms. The van der Waals surface area contributed by atoms with Crippen molar-refractivity contribution in [2.75, 3.05) is 13.1 Å². The Hall–Kier alpha value is -0.930. The van der Waals surface area contributed by atoms with Crippen molar-refractivity contribution in [2.45, 2.75) is 39.8 Å². The van der Waals surface area contributed by atoms with Crippen molar-refractivity contribution in [3.8, 4) is 0 Å². The van der Waals surface area contributed by atoms with Crippen LogP contribution in [-0.2, 0) is 0 Å². The zero-order valence-corrected chi connectivity index (χ0v) is 12.0. The van der Waals surface area contributed by atoms with Crippen molar-refractivity contribution < 1.29 is 5.11 Å². The van der Waals surface area contributed by atoms with Crippen molar-refractivity contribution in [3.63, 3.8) is 0 Å². The van der Waals surface area contributed by atoms with E-state index in [1.54, 1.807) is 19.1 Å². The van der Waals surface area contributed by atoms with E-state index >= 15 is 0 Å². The second kappa shape index (κ2) is 6.30. The first kappa shape index (κ1) is 15.1. The Bertz CT molecular complexity index is 342. The van der Waals surface area contributed by atoms with Crippen molar-refractivity contribution >= 4 is 5.71 Å². The lowest BCUT2D eigenvalue weighted by molar-refractivity contribution is -0.0229. The van der Waals surface area contributed by atoms with Gasteiger partial charge in [-0.25, -0.2) is 0 Å². The fourth-order valence-electron chi connectivity index (χ4n) is 2.32. The fourth-order valence-corrected chi connectivity index (χ4v) is 2.32. The van der Waals surface area contributed by atoms with Crippen LogP contribution in [0.1, 0.15) is 34.1 Å². The fraction of sp³-hybridized carbons (Fsp3) is 0.667. The van der Waals surface area contributed by atoms with Gasteiger partial charge < -0.3 is 10.5 Å². The van der Waals surface area contributed by atoms with Gasteiger partial charge >= 0.3 is 0 Å². The average Bonchev–Trinajstić information content (AvgIpc) is 2.79. The smallest absolute Gasteiger partial charge is 0.158 e. The molecular weight excluding hydrogens is 224 g/mol. The molecule has 18 heavy (non-hydrogen) atoms. The number of likely N-dealkylation sites (tertiary alicyclic amines) is 1. The Balaban J connectivity index is 2.66. The highest BCUT2D eigenvalue weighted by Crippen LogP contribution is 2.28. The zero-order chi connectivity index (χ0) is 13.8. The van der Waals surface area contributed by atoms with Gasteiger partial charge in [0, 0.05) is 13.1 Å². The summed E-state index contributed by atoms with van der Waals surface area (Å²) in [5.74, 6) is 1.27. The first-order valence-corrected chi connectivity index (χ1v) is 6.75. The third-order valence-electron chi connectivity index (χ3n) is 3.86. The molecule has 1 saturated heterocycles. The van der Waals surface area contributed by atoms with E-state index in [9.17, 15) is 5.11 Å². The number of nitrogens with zero attached hydrogens (tertiary/aromatic N) is 1. The van der Waals surface area contributed by atoms with E-state index in [0.717, 1.165) is 19.5 Å². The Kier molecular flexibility index (Phi) is 5.29. The number of aliphatic hydroxyl groups is 1. The van der Waals surface area contributed by atoms with E-state index in [1.807, 2.05) is 24.0 Å². The van der Waals surface area contributed by atoms with Crippen LogP contribution in [0.15, 0.2) is 24.3 Å². The standard InChI is InChI=1S/C15H26N2O/c1-5-6-7-8-14(16)15(4,18)17-10-9-13(11-17)12(2)3/h5-8,12-13,16,18H,9-11H2,1-4H3/b6-5+,8-7-,16-14?. The lowest BCUT2D eigenvalue weighted by atomic mass is 9.95. The van der Waals surface area contributed by atoms with E-state index in [-0.39, 0.29) is 5.71 Å². The minimum Gasteiger partial charge on any atom is -0.370 e. The highest BCUT2D eigenvalue weighted by Gasteiger charge is 2.38. The Morgan fingerprint density at radius 1 is 1.44 bits per heavy atom. The third-order valence-corrected chi connectivity index (χ3v) is 3.86. The molecule has 0 aromatic rings. The Morgan fingerprint density at radius 2 is 2.11 bits per heavy atom. The predicted octanol–water partition coefficient (Wildman–Crippen LogP) is 2.82. The van der Waals surface area contributed by atoms with Gasteiger partial charge in [-0.1, -0.05) is 32.1 Å². The molecule has 1 heterocycles. The summed E-state index contributed by atoms with van der Waals surface area (Å²) in [4.78, 5) is 2.01. The zero-order valence-electron chi connectivity index (χ0n) is 12.0. The number of hydrogen-bond donors (Lipinski definition) is 2. The quantitative estimate of drug-likeness (QED) is 0.582. The minimum atomic E-state index is -1.15. The molecule has 1 aliphatic heterocycles. The van der Waals surface area contributed by atoms with Crippen LogP contribution in [0.25, 0.3) is 0 Å². The molecule has 3 nitrogen and oxygen atoms in total. The minimum absolute atomic E-state index is 0.255. The van der Waals surface area contributed by atoms with Gasteiger partial charge in [-0.3, -0.25) is 4.90 Å². The number of hydrogen-bond acceptors (Lipinski definition) is 3. The lowest BCUT2D eigenvalue weighted by Gasteiger charge is -2.33. The van der Waals surface area contributed by atoms with Gasteiger partial charge in [0.05, 0.1) is 5.71 Å². The topological polar surface area (TPSA) is 47.3 Å². The molecule has 3 heteroatoms. The summed E-state index contributed by atoms with van der Waals surface area (Å²) in [7, 11) is 0. The van der Waals surface area contributed by atoms with Gasteiger partial charge in [-0.2, -0.15) is 0 Å².